The topological polar surface area (TPSA) is 58.1 Å². The van der Waals surface area contributed by atoms with Gasteiger partial charge in [-0.1, -0.05) is 31.5 Å². The van der Waals surface area contributed by atoms with Crippen LogP contribution in [-0.4, -0.2) is 34.0 Å². The molecule has 0 amide bonds. The lowest BCUT2D eigenvalue weighted by molar-refractivity contribution is -0.266. The minimum atomic E-state index is -4.87. The van der Waals surface area contributed by atoms with E-state index in [0.717, 1.165) is 11.1 Å². The van der Waals surface area contributed by atoms with Gasteiger partial charge in [-0.15, -0.1) is 0 Å². The number of hydrogen-bond acceptors (Lipinski definition) is 4. The molecule has 0 aliphatic rings. The number of H-pyrrole nitrogens is 1. The molecule has 0 radical (unpaired) electrons. The summed E-state index contributed by atoms with van der Waals surface area (Å²) < 4.78 is 48.4. The summed E-state index contributed by atoms with van der Waals surface area (Å²) in [6.45, 7) is 3.38. The van der Waals surface area contributed by atoms with E-state index in [9.17, 15) is 18.3 Å². The molecule has 3 heterocycles. The van der Waals surface area contributed by atoms with Gasteiger partial charge in [-0.05, 0) is 64.1 Å². The van der Waals surface area contributed by atoms with Crippen LogP contribution < -0.4 is 4.74 Å². The molecule has 1 atom stereocenters. The van der Waals surface area contributed by atoms with Crippen LogP contribution in [0.15, 0.2) is 53.4 Å². The van der Waals surface area contributed by atoms with Gasteiger partial charge in [-0.3, -0.25) is 0 Å². The van der Waals surface area contributed by atoms with Crippen molar-refractivity contribution < 1.29 is 23.0 Å². The number of aliphatic hydroxyl groups is 1. The van der Waals surface area contributed by atoms with Gasteiger partial charge in [0.1, 0.15) is 10.9 Å². The predicted octanol–water partition coefficient (Wildman–Crippen LogP) is 7.16. The summed E-state index contributed by atoms with van der Waals surface area (Å²) in [7, 11) is 1.48. The summed E-state index contributed by atoms with van der Waals surface area (Å²) in [5, 5.41) is 15.9. The van der Waals surface area contributed by atoms with E-state index < -0.39 is 30.0 Å². The van der Waals surface area contributed by atoms with E-state index in [1.54, 1.807) is 32.0 Å². The lowest BCUT2D eigenvalue weighted by atomic mass is 9.72. The van der Waals surface area contributed by atoms with Gasteiger partial charge in [0, 0.05) is 23.1 Å². The van der Waals surface area contributed by atoms with Crippen LogP contribution in [0.4, 0.5) is 13.2 Å². The number of halogens is 4. The number of fused-ring (bicyclic) bond motifs is 1. The molecule has 0 bridgehead atoms. The Bertz CT molecular complexity index is 1300. The molecule has 1 aromatic carbocycles. The largest absolute Gasteiger partial charge is 0.496 e. The van der Waals surface area contributed by atoms with Gasteiger partial charge in [-0.25, -0.2) is 4.98 Å². The van der Waals surface area contributed by atoms with Crippen LogP contribution in [0.2, 0.25) is 5.15 Å². The molecule has 180 valence electrons. The first-order chi connectivity index (χ1) is 15.9. The van der Waals surface area contributed by atoms with Gasteiger partial charge in [0.25, 0.3) is 0 Å². The second-order valence-electron chi connectivity index (χ2n) is 9.08. The van der Waals surface area contributed by atoms with E-state index >= 15 is 0 Å². The fourth-order valence-electron chi connectivity index (χ4n) is 4.41. The maximum atomic E-state index is 14.3. The minimum absolute atomic E-state index is 0.239. The Hall–Kier alpha value is -2.55. The summed E-state index contributed by atoms with van der Waals surface area (Å²) in [6, 6.07) is 10.5. The Balaban J connectivity index is 1.72. The first kappa shape index (κ1) is 24.6. The quantitative estimate of drug-likeness (QED) is 0.260. The molecule has 1 unspecified atom stereocenters. The van der Waals surface area contributed by atoms with Crippen LogP contribution in [0.25, 0.3) is 22.0 Å². The molecule has 0 spiro atoms. The number of aromatic nitrogens is 2. The van der Waals surface area contributed by atoms with Crippen molar-refractivity contribution >= 4 is 33.8 Å². The summed E-state index contributed by atoms with van der Waals surface area (Å²) in [5.74, 6) is 0.472. The second kappa shape index (κ2) is 8.91. The van der Waals surface area contributed by atoms with Gasteiger partial charge in [0.15, 0.2) is 5.60 Å². The number of hydrogen-bond donors (Lipinski definition) is 2. The van der Waals surface area contributed by atoms with Crippen LogP contribution in [0, 0.1) is 0 Å². The Morgan fingerprint density at radius 1 is 1.12 bits per heavy atom. The summed E-state index contributed by atoms with van der Waals surface area (Å²) in [6.07, 6.45) is -4.62. The van der Waals surface area contributed by atoms with E-state index in [1.165, 1.54) is 24.6 Å². The molecule has 3 aromatic heterocycles. The van der Waals surface area contributed by atoms with E-state index in [0.29, 0.717) is 22.2 Å². The van der Waals surface area contributed by atoms with Crippen molar-refractivity contribution in [1.29, 1.82) is 0 Å². The van der Waals surface area contributed by atoms with Crippen molar-refractivity contribution in [2.75, 3.05) is 7.11 Å². The molecule has 2 N–H and O–H groups in total. The maximum Gasteiger partial charge on any atom is 0.417 e. The third kappa shape index (κ3) is 4.80. The zero-order valence-corrected chi connectivity index (χ0v) is 20.4. The highest BCUT2D eigenvalue weighted by atomic mass is 35.5. The maximum absolute atomic E-state index is 14.3. The average Bonchev–Trinajstić information content (AvgIpc) is 3.41. The number of nitrogens with zero attached hydrogens (tertiary/aromatic N) is 1. The number of pyridine rings is 1. The number of nitrogens with one attached hydrogen (secondary N) is 1. The monoisotopic (exact) mass is 508 g/mol. The third-order valence-corrected chi connectivity index (χ3v) is 6.95. The standard InChI is InChI=1S/C25H24ClF3N2O2S/c1-23(2,19-9-15(4-5-21(19)33-3)16-6-7-34-13-16)14-24(32,25(27,28)29)11-18-8-17-10-22(26)30-12-20(17)31-18/h4-10,12-13,31-32H,11,14H2,1-3H3. The van der Waals surface area contributed by atoms with Gasteiger partial charge in [-0.2, -0.15) is 24.5 Å². The highest BCUT2D eigenvalue weighted by Crippen LogP contribution is 2.46. The highest BCUT2D eigenvalue weighted by molar-refractivity contribution is 7.08. The van der Waals surface area contributed by atoms with Gasteiger partial charge in [0.2, 0.25) is 0 Å². The number of alkyl halides is 3. The fraction of sp³-hybridized carbons (Fsp3) is 0.320. The second-order valence-corrected chi connectivity index (χ2v) is 10.3. The molecular formula is C25H24ClF3N2O2S. The smallest absolute Gasteiger partial charge is 0.417 e. The van der Waals surface area contributed by atoms with E-state index in [-0.39, 0.29) is 10.8 Å². The molecule has 0 saturated carbocycles. The normalized spacial score (nSPS) is 14.4. The number of ether oxygens (including phenoxy) is 1. The summed E-state index contributed by atoms with van der Waals surface area (Å²) in [4.78, 5) is 6.87. The van der Waals surface area contributed by atoms with Crippen LogP contribution in [0.3, 0.4) is 0 Å². The van der Waals surface area contributed by atoms with Crippen molar-refractivity contribution in [3.05, 3.63) is 69.8 Å². The van der Waals surface area contributed by atoms with E-state index in [2.05, 4.69) is 9.97 Å². The van der Waals surface area contributed by atoms with Crippen LogP contribution in [0.1, 0.15) is 31.5 Å². The molecule has 34 heavy (non-hydrogen) atoms. The predicted molar refractivity (Wildman–Crippen MR) is 130 cm³/mol. The molecule has 0 saturated heterocycles. The average molecular weight is 509 g/mol. The third-order valence-electron chi connectivity index (χ3n) is 6.06. The molecular weight excluding hydrogens is 485 g/mol. The van der Waals surface area contributed by atoms with Crippen LogP contribution in [0.5, 0.6) is 5.75 Å². The van der Waals surface area contributed by atoms with Crippen LogP contribution in [-0.2, 0) is 11.8 Å². The molecule has 0 aliphatic carbocycles. The Labute approximate surface area is 204 Å². The van der Waals surface area contributed by atoms with Crippen molar-refractivity contribution in [2.24, 2.45) is 0 Å². The molecule has 4 aromatic rings. The lowest BCUT2D eigenvalue weighted by Crippen LogP contribution is -2.51. The Morgan fingerprint density at radius 2 is 1.88 bits per heavy atom. The van der Waals surface area contributed by atoms with Gasteiger partial charge >= 0.3 is 6.18 Å². The van der Waals surface area contributed by atoms with E-state index in [1.807, 2.05) is 29.0 Å². The van der Waals surface area contributed by atoms with Crippen molar-refractivity contribution in [3.63, 3.8) is 0 Å². The Morgan fingerprint density at radius 3 is 2.53 bits per heavy atom. The number of aromatic amines is 1. The first-order valence-corrected chi connectivity index (χ1v) is 11.9. The first-order valence-electron chi connectivity index (χ1n) is 10.6. The molecule has 4 nitrogen and oxygen atoms in total. The summed E-state index contributed by atoms with van der Waals surface area (Å²) in [5.41, 5.74) is -0.825. The Kier molecular flexibility index (Phi) is 6.44. The zero-order valence-electron chi connectivity index (χ0n) is 18.8. The molecule has 9 heteroatoms. The number of benzene rings is 1. The minimum Gasteiger partial charge on any atom is -0.496 e. The van der Waals surface area contributed by atoms with Crippen molar-refractivity contribution in [2.45, 2.75) is 43.9 Å². The van der Waals surface area contributed by atoms with Gasteiger partial charge in [0.05, 0.1) is 18.8 Å². The molecule has 0 fully saturated rings. The number of methoxy groups -OCH3 is 1. The van der Waals surface area contributed by atoms with Gasteiger partial charge < -0.3 is 14.8 Å². The van der Waals surface area contributed by atoms with Crippen molar-refractivity contribution in [1.82, 2.24) is 9.97 Å². The lowest BCUT2D eigenvalue weighted by Gasteiger charge is -2.38. The number of thiophene rings is 1. The molecule has 0 aliphatic heterocycles. The van der Waals surface area contributed by atoms with E-state index in [4.69, 9.17) is 16.3 Å². The highest BCUT2D eigenvalue weighted by Gasteiger charge is 2.56. The SMILES string of the molecule is COc1ccc(-c2ccsc2)cc1C(C)(C)CC(O)(Cc1cc2cc(Cl)ncc2[nH]1)C(F)(F)F. The number of rotatable bonds is 7. The van der Waals surface area contributed by atoms with Crippen molar-refractivity contribution in [3.8, 4) is 16.9 Å². The van der Waals surface area contributed by atoms with Crippen LogP contribution >= 0.6 is 22.9 Å². The fourth-order valence-corrected chi connectivity index (χ4v) is 5.24. The summed E-state index contributed by atoms with van der Waals surface area (Å²) >= 11 is 7.44. The molecule has 4 rings (SSSR count). The zero-order chi connectivity index (χ0) is 24.7.